The highest BCUT2D eigenvalue weighted by atomic mass is 16.5. The van der Waals surface area contributed by atoms with Gasteiger partial charge in [0, 0.05) is 24.5 Å². The maximum atomic E-state index is 12.0. The van der Waals surface area contributed by atoms with Crippen LogP contribution in [0.25, 0.3) is 0 Å². The van der Waals surface area contributed by atoms with E-state index in [4.69, 9.17) is 10.5 Å². The molecule has 1 saturated heterocycles. The molecule has 116 valence electrons. The van der Waals surface area contributed by atoms with Gasteiger partial charge < -0.3 is 20.7 Å². The van der Waals surface area contributed by atoms with Crippen molar-refractivity contribution in [3.05, 3.63) is 24.3 Å². The molecule has 5 nitrogen and oxygen atoms in total. The van der Waals surface area contributed by atoms with E-state index >= 15 is 0 Å². The summed E-state index contributed by atoms with van der Waals surface area (Å²) in [5.41, 5.74) is 7.87. The van der Waals surface area contributed by atoms with Crippen molar-refractivity contribution in [3.63, 3.8) is 0 Å². The summed E-state index contributed by atoms with van der Waals surface area (Å²) in [5.74, 6) is 0.0566. The quantitative estimate of drug-likeness (QED) is 0.868. The maximum Gasteiger partial charge on any atom is 0.241 e. The second-order valence-electron chi connectivity index (χ2n) is 5.55. The summed E-state index contributed by atoms with van der Waals surface area (Å²) in [4.78, 5) is 14.3. The van der Waals surface area contributed by atoms with Crippen LogP contribution < -0.4 is 16.0 Å². The fourth-order valence-electron chi connectivity index (χ4n) is 2.32. The van der Waals surface area contributed by atoms with Gasteiger partial charge in [0.15, 0.2) is 0 Å². The lowest BCUT2D eigenvalue weighted by atomic mass is 9.99. The van der Waals surface area contributed by atoms with Crippen LogP contribution in [0.2, 0.25) is 0 Å². The lowest BCUT2D eigenvalue weighted by Gasteiger charge is -2.29. The Morgan fingerprint density at radius 2 is 1.95 bits per heavy atom. The SMILES string of the molecule is CCC(C)[C@H](N)C(=O)Nc1ccc(N2CCOCC2)cc1. The predicted molar refractivity (Wildman–Crippen MR) is 85.5 cm³/mol. The van der Waals surface area contributed by atoms with E-state index < -0.39 is 6.04 Å². The molecule has 0 radical (unpaired) electrons. The number of rotatable bonds is 5. The molecule has 1 fully saturated rings. The number of hydrogen-bond donors (Lipinski definition) is 2. The molecule has 2 atom stereocenters. The number of amides is 1. The van der Waals surface area contributed by atoms with Gasteiger partial charge in [0.25, 0.3) is 0 Å². The van der Waals surface area contributed by atoms with Crippen LogP contribution >= 0.6 is 0 Å². The van der Waals surface area contributed by atoms with Crippen LogP contribution in [0.3, 0.4) is 0 Å². The Hall–Kier alpha value is -1.59. The Kier molecular flexibility index (Phi) is 5.59. The van der Waals surface area contributed by atoms with Gasteiger partial charge in [0.1, 0.15) is 0 Å². The van der Waals surface area contributed by atoms with Crippen molar-refractivity contribution in [2.24, 2.45) is 11.7 Å². The Morgan fingerprint density at radius 3 is 2.52 bits per heavy atom. The van der Waals surface area contributed by atoms with E-state index in [1.165, 1.54) is 0 Å². The average Bonchev–Trinajstić information content (AvgIpc) is 2.54. The van der Waals surface area contributed by atoms with Gasteiger partial charge in [-0.2, -0.15) is 0 Å². The fraction of sp³-hybridized carbons (Fsp3) is 0.562. The van der Waals surface area contributed by atoms with Gasteiger partial charge in [-0.3, -0.25) is 4.79 Å². The van der Waals surface area contributed by atoms with E-state index in [0.717, 1.165) is 44.1 Å². The lowest BCUT2D eigenvalue weighted by Crippen LogP contribution is -2.40. The van der Waals surface area contributed by atoms with E-state index in [0.29, 0.717) is 0 Å². The number of ether oxygens (including phenoxy) is 1. The highest BCUT2D eigenvalue weighted by Crippen LogP contribution is 2.19. The lowest BCUT2D eigenvalue weighted by molar-refractivity contribution is -0.118. The third-order valence-electron chi connectivity index (χ3n) is 4.07. The van der Waals surface area contributed by atoms with Crippen LogP contribution in [-0.2, 0) is 9.53 Å². The average molecular weight is 291 g/mol. The predicted octanol–water partition coefficient (Wildman–Crippen LogP) is 1.84. The molecular formula is C16H25N3O2. The molecule has 0 saturated carbocycles. The summed E-state index contributed by atoms with van der Waals surface area (Å²) in [6.45, 7) is 7.38. The number of nitrogens with two attached hydrogens (primary N) is 1. The molecule has 0 aromatic heterocycles. The first kappa shape index (κ1) is 15.8. The van der Waals surface area contributed by atoms with Crippen molar-refractivity contribution >= 4 is 17.3 Å². The largest absolute Gasteiger partial charge is 0.378 e. The number of nitrogens with one attached hydrogen (secondary N) is 1. The van der Waals surface area contributed by atoms with Crippen LogP contribution in [0.4, 0.5) is 11.4 Å². The summed E-state index contributed by atoms with van der Waals surface area (Å²) in [7, 11) is 0. The zero-order valence-electron chi connectivity index (χ0n) is 12.8. The van der Waals surface area contributed by atoms with E-state index in [1.807, 2.05) is 38.1 Å². The summed E-state index contributed by atoms with van der Waals surface area (Å²) in [6.07, 6.45) is 0.893. The molecule has 0 bridgehead atoms. The van der Waals surface area contributed by atoms with Crippen LogP contribution in [-0.4, -0.2) is 38.3 Å². The number of morpholine rings is 1. The van der Waals surface area contributed by atoms with Crippen molar-refractivity contribution in [3.8, 4) is 0 Å². The van der Waals surface area contributed by atoms with E-state index in [1.54, 1.807) is 0 Å². The topological polar surface area (TPSA) is 67.6 Å². The number of carbonyl (C=O) groups excluding carboxylic acids is 1. The van der Waals surface area contributed by atoms with Crippen LogP contribution in [0.5, 0.6) is 0 Å². The molecule has 1 unspecified atom stereocenters. The minimum absolute atomic E-state index is 0.122. The van der Waals surface area contributed by atoms with Gasteiger partial charge in [-0.05, 0) is 30.2 Å². The second kappa shape index (κ2) is 7.43. The molecule has 21 heavy (non-hydrogen) atoms. The van der Waals surface area contributed by atoms with Crippen molar-refractivity contribution in [2.45, 2.75) is 26.3 Å². The third-order valence-corrected chi connectivity index (χ3v) is 4.07. The smallest absolute Gasteiger partial charge is 0.241 e. The standard InChI is InChI=1S/C16H25N3O2/c1-3-12(2)15(17)16(20)18-13-4-6-14(7-5-13)19-8-10-21-11-9-19/h4-7,12,15H,3,8-11,17H2,1-2H3,(H,18,20)/t12?,15-/m0/s1. The minimum Gasteiger partial charge on any atom is -0.378 e. The molecule has 1 aromatic rings. The highest BCUT2D eigenvalue weighted by molar-refractivity contribution is 5.95. The van der Waals surface area contributed by atoms with Gasteiger partial charge in [-0.15, -0.1) is 0 Å². The molecule has 3 N–H and O–H groups in total. The molecule has 5 heteroatoms. The van der Waals surface area contributed by atoms with Crippen molar-refractivity contribution in [1.82, 2.24) is 0 Å². The van der Waals surface area contributed by atoms with Crippen molar-refractivity contribution in [1.29, 1.82) is 0 Å². The summed E-state index contributed by atoms with van der Waals surface area (Å²) in [6, 6.07) is 7.43. The number of anilines is 2. The molecule has 1 heterocycles. The maximum absolute atomic E-state index is 12.0. The second-order valence-corrected chi connectivity index (χ2v) is 5.55. The minimum atomic E-state index is -0.464. The van der Waals surface area contributed by atoms with Crippen molar-refractivity contribution in [2.75, 3.05) is 36.5 Å². The molecule has 0 aliphatic carbocycles. The zero-order chi connectivity index (χ0) is 15.2. The van der Waals surface area contributed by atoms with E-state index in [2.05, 4.69) is 10.2 Å². The zero-order valence-corrected chi connectivity index (χ0v) is 12.8. The monoisotopic (exact) mass is 291 g/mol. The number of benzene rings is 1. The Labute approximate surface area is 126 Å². The van der Waals surface area contributed by atoms with E-state index in [9.17, 15) is 4.79 Å². The molecule has 1 aliphatic rings. The summed E-state index contributed by atoms with van der Waals surface area (Å²) >= 11 is 0. The Bertz CT molecular complexity index is 455. The molecule has 1 aliphatic heterocycles. The number of hydrogen-bond acceptors (Lipinski definition) is 4. The molecular weight excluding hydrogens is 266 g/mol. The normalized spacial score (nSPS) is 18.1. The molecule has 1 aromatic carbocycles. The number of carbonyl (C=O) groups is 1. The first-order chi connectivity index (χ1) is 10.1. The first-order valence-corrected chi connectivity index (χ1v) is 7.61. The summed E-state index contributed by atoms with van der Waals surface area (Å²) < 4.78 is 5.34. The Morgan fingerprint density at radius 1 is 1.33 bits per heavy atom. The van der Waals surface area contributed by atoms with Gasteiger partial charge in [0.2, 0.25) is 5.91 Å². The highest BCUT2D eigenvalue weighted by Gasteiger charge is 2.19. The number of nitrogens with zero attached hydrogens (tertiary/aromatic N) is 1. The van der Waals surface area contributed by atoms with Gasteiger partial charge in [-0.1, -0.05) is 20.3 Å². The van der Waals surface area contributed by atoms with Gasteiger partial charge in [0.05, 0.1) is 19.3 Å². The Balaban J connectivity index is 1.94. The van der Waals surface area contributed by atoms with Gasteiger partial charge in [-0.25, -0.2) is 0 Å². The van der Waals surface area contributed by atoms with Crippen LogP contribution in [0.15, 0.2) is 24.3 Å². The molecule has 0 spiro atoms. The van der Waals surface area contributed by atoms with Crippen LogP contribution in [0.1, 0.15) is 20.3 Å². The van der Waals surface area contributed by atoms with E-state index in [-0.39, 0.29) is 11.8 Å². The molecule has 1 amide bonds. The fourth-order valence-corrected chi connectivity index (χ4v) is 2.32. The molecule has 2 rings (SSSR count). The van der Waals surface area contributed by atoms with Gasteiger partial charge >= 0.3 is 0 Å². The third kappa shape index (κ3) is 4.19. The van der Waals surface area contributed by atoms with Crippen LogP contribution in [0, 0.1) is 5.92 Å². The van der Waals surface area contributed by atoms with Crippen molar-refractivity contribution < 1.29 is 9.53 Å². The summed E-state index contributed by atoms with van der Waals surface area (Å²) in [5, 5.41) is 2.88. The first-order valence-electron chi connectivity index (χ1n) is 7.61.